The van der Waals surface area contributed by atoms with E-state index in [0.29, 0.717) is 0 Å². The van der Waals surface area contributed by atoms with Crippen LogP contribution in [0.4, 0.5) is 0 Å². The summed E-state index contributed by atoms with van der Waals surface area (Å²) in [6.07, 6.45) is 0. The monoisotopic (exact) mass is 331 g/mol. The van der Waals surface area contributed by atoms with E-state index in [9.17, 15) is 0 Å². The average Bonchev–Trinajstić information content (AvgIpc) is 2.86. The molecule has 0 fully saturated rings. The first-order valence-electron chi connectivity index (χ1n) is 6.14. The van der Waals surface area contributed by atoms with Crippen LogP contribution in [0.25, 0.3) is 10.8 Å². The molecule has 0 aliphatic heterocycles. The Balaban J connectivity index is 2.18. The first-order valence-corrected chi connectivity index (χ1v) is 7.82. The molecule has 3 aromatic rings. The van der Waals surface area contributed by atoms with Gasteiger partial charge in [0.1, 0.15) is 0 Å². The Morgan fingerprint density at radius 3 is 2.53 bits per heavy atom. The standard InChI is InChI=1S/C16H14BrNS/c1-10-6-7-14(13-5-3-2-4-12(10)13)16(18)11-8-15(17)19-9-11/h2-9,16H,18H2,1H3. The molecular weight excluding hydrogens is 318 g/mol. The third kappa shape index (κ3) is 2.34. The number of benzene rings is 2. The van der Waals surface area contributed by atoms with Crippen LogP contribution in [0, 0.1) is 6.92 Å². The van der Waals surface area contributed by atoms with E-state index in [1.807, 2.05) is 0 Å². The summed E-state index contributed by atoms with van der Waals surface area (Å²) in [5.41, 5.74) is 10.1. The Bertz CT molecular complexity index is 732. The predicted molar refractivity (Wildman–Crippen MR) is 86.7 cm³/mol. The minimum atomic E-state index is -0.0759. The summed E-state index contributed by atoms with van der Waals surface area (Å²) >= 11 is 5.17. The van der Waals surface area contributed by atoms with E-state index in [1.54, 1.807) is 11.3 Å². The number of nitrogens with two attached hydrogens (primary N) is 1. The van der Waals surface area contributed by atoms with Crippen molar-refractivity contribution in [1.82, 2.24) is 0 Å². The van der Waals surface area contributed by atoms with Crippen LogP contribution in [-0.4, -0.2) is 0 Å². The summed E-state index contributed by atoms with van der Waals surface area (Å²) in [6.45, 7) is 2.14. The quantitative estimate of drug-likeness (QED) is 0.700. The topological polar surface area (TPSA) is 26.0 Å². The van der Waals surface area contributed by atoms with E-state index in [4.69, 9.17) is 5.73 Å². The van der Waals surface area contributed by atoms with E-state index in [-0.39, 0.29) is 6.04 Å². The van der Waals surface area contributed by atoms with Crippen molar-refractivity contribution in [3.8, 4) is 0 Å². The van der Waals surface area contributed by atoms with Crippen LogP contribution < -0.4 is 5.73 Å². The van der Waals surface area contributed by atoms with Gasteiger partial charge in [-0.1, -0.05) is 36.4 Å². The van der Waals surface area contributed by atoms with Crippen molar-refractivity contribution in [3.05, 3.63) is 68.3 Å². The molecule has 1 heterocycles. The molecule has 0 saturated heterocycles. The Kier molecular flexibility index (Phi) is 3.44. The number of rotatable bonds is 2. The molecule has 0 saturated carbocycles. The van der Waals surface area contributed by atoms with Gasteiger partial charge in [0, 0.05) is 0 Å². The van der Waals surface area contributed by atoms with Gasteiger partial charge in [0.25, 0.3) is 0 Å². The molecule has 0 bridgehead atoms. The molecule has 3 heteroatoms. The Morgan fingerprint density at radius 2 is 1.84 bits per heavy atom. The molecule has 0 aliphatic rings. The Morgan fingerprint density at radius 1 is 1.11 bits per heavy atom. The lowest BCUT2D eigenvalue weighted by Crippen LogP contribution is -2.11. The summed E-state index contributed by atoms with van der Waals surface area (Å²) in [7, 11) is 0. The van der Waals surface area contributed by atoms with E-state index in [2.05, 4.69) is 70.7 Å². The molecule has 0 aliphatic carbocycles. The summed E-state index contributed by atoms with van der Waals surface area (Å²) in [6, 6.07) is 14.8. The van der Waals surface area contributed by atoms with Gasteiger partial charge < -0.3 is 5.73 Å². The van der Waals surface area contributed by atoms with Gasteiger partial charge in [0.2, 0.25) is 0 Å². The number of aryl methyl sites for hydroxylation is 1. The molecule has 2 aromatic carbocycles. The molecule has 0 radical (unpaired) electrons. The van der Waals surface area contributed by atoms with E-state index < -0.39 is 0 Å². The smallest absolute Gasteiger partial charge is 0.0701 e. The predicted octanol–water partition coefficient (Wildman–Crippen LogP) is 5.02. The van der Waals surface area contributed by atoms with Crippen molar-refractivity contribution < 1.29 is 0 Å². The highest BCUT2D eigenvalue weighted by Gasteiger charge is 2.14. The summed E-state index contributed by atoms with van der Waals surface area (Å²) in [4.78, 5) is 0. The normalized spacial score (nSPS) is 12.8. The van der Waals surface area contributed by atoms with Crippen LogP contribution in [0.3, 0.4) is 0 Å². The lowest BCUT2D eigenvalue weighted by Gasteiger charge is -2.15. The Labute approximate surface area is 125 Å². The molecular formula is C16H14BrNS. The third-order valence-electron chi connectivity index (χ3n) is 3.46. The van der Waals surface area contributed by atoms with Crippen LogP contribution in [-0.2, 0) is 0 Å². The van der Waals surface area contributed by atoms with E-state index in [0.717, 1.165) is 9.35 Å². The van der Waals surface area contributed by atoms with Crippen molar-refractivity contribution in [2.45, 2.75) is 13.0 Å². The highest BCUT2D eigenvalue weighted by Crippen LogP contribution is 2.32. The third-order valence-corrected chi connectivity index (χ3v) is 4.98. The molecule has 96 valence electrons. The zero-order chi connectivity index (χ0) is 13.4. The van der Waals surface area contributed by atoms with Gasteiger partial charge in [-0.15, -0.1) is 11.3 Å². The largest absolute Gasteiger partial charge is 0.320 e. The summed E-state index contributed by atoms with van der Waals surface area (Å²) in [5.74, 6) is 0. The highest BCUT2D eigenvalue weighted by molar-refractivity contribution is 9.11. The number of halogens is 1. The van der Waals surface area contributed by atoms with Crippen molar-refractivity contribution >= 4 is 38.0 Å². The van der Waals surface area contributed by atoms with Crippen LogP contribution in [0.2, 0.25) is 0 Å². The fourth-order valence-corrected chi connectivity index (χ4v) is 3.62. The maximum absolute atomic E-state index is 6.43. The van der Waals surface area contributed by atoms with Gasteiger partial charge in [-0.25, -0.2) is 0 Å². The lowest BCUT2D eigenvalue weighted by molar-refractivity contribution is 0.885. The number of fused-ring (bicyclic) bond motifs is 1. The average molecular weight is 332 g/mol. The molecule has 1 aromatic heterocycles. The van der Waals surface area contributed by atoms with Gasteiger partial charge in [-0.3, -0.25) is 0 Å². The molecule has 0 spiro atoms. The van der Waals surface area contributed by atoms with Crippen molar-refractivity contribution in [2.75, 3.05) is 0 Å². The summed E-state index contributed by atoms with van der Waals surface area (Å²) < 4.78 is 1.12. The fourth-order valence-electron chi connectivity index (χ4n) is 2.41. The second-order valence-electron chi connectivity index (χ2n) is 4.68. The van der Waals surface area contributed by atoms with Crippen LogP contribution in [0.15, 0.2) is 51.6 Å². The molecule has 3 rings (SSSR count). The first kappa shape index (κ1) is 12.9. The van der Waals surface area contributed by atoms with Gasteiger partial charge in [-0.05, 0) is 61.8 Å². The molecule has 1 nitrogen and oxygen atoms in total. The van der Waals surface area contributed by atoms with Crippen molar-refractivity contribution in [2.24, 2.45) is 5.73 Å². The number of hydrogen-bond donors (Lipinski definition) is 1. The van der Waals surface area contributed by atoms with Crippen LogP contribution >= 0.6 is 27.3 Å². The van der Waals surface area contributed by atoms with Crippen LogP contribution in [0.5, 0.6) is 0 Å². The van der Waals surface area contributed by atoms with Crippen molar-refractivity contribution in [1.29, 1.82) is 0 Å². The van der Waals surface area contributed by atoms with Gasteiger partial charge >= 0.3 is 0 Å². The fraction of sp³-hybridized carbons (Fsp3) is 0.125. The van der Waals surface area contributed by atoms with E-state index >= 15 is 0 Å². The molecule has 0 amide bonds. The van der Waals surface area contributed by atoms with Crippen molar-refractivity contribution in [3.63, 3.8) is 0 Å². The number of thiophene rings is 1. The van der Waals surface area contributed by atoms with Gasteiger partial charge in [-0.2, -0.15) is 0 Å². The molecule has 1 unspecified atom stereocenters. The minimum Gasteiger partial charge on any atom is -0.320 e. The maximum atomic E-state index is 6.43. The van der Waals surface area contributed by atoms with Gasteiger partial charge in [0.15, 0.2) is 0 Å². The molecule has 1 atom stereocenters. The zero-order valence-electron chi connectivity index (χ0n) is 10.6. The highest BCUT2D eigenvalue weighted by atomic mass is 79.9. The maximum Gasteiger partial charge on any atom is 0.0701 e. The number of hydrogen-bond acceptors (Lipinski definition) is 2. The first-order chi connectivity index (χ1) is 9.16. The minimum absolute atomic E-state index is 0.0759. The Hall–Kier alpha value is -1.16. The summed E-state index contributed by atoms with van der Waals surface area (Å²) in [5, 5.41) is 4.64. The second-order valence-corrected chi connectivity index (χ2v) is 6.97. The zero-order valence-corrected chi connectivity index (χ0v) is 13.0. The van der Waals surface area contributed by atoms with Gasteiger partial charge in [0.05, 0.1) is 9.83 Å². The second kappa shape index (κ2) is 5.08. The van der Waals surface area contributed by atoms with Crippen LogP contribution in [0.1, 0.15) is 22.7 Å². The van der Waals surface area contributed by atoms with E-state index in [1.165, 1.54) is 21.9 Å². The molecule has 19 heavy (non-hydrogen) atoms. The SMILES string of the molecule is Cc1ccc(C(N)c2csc(Br)c2)c2ccccc12. The lowest BCUT2D eigenvalue weighted by atomic mass is 9.94. The molecule has 2 N–H and O–H groups in total.